The third-order valence-electron chi connectivity index (χ3n) is 5.24. The molecule has 0 saturated carbocycles. The number of benzene rings is 1. The molecular weight excluding hydrogens is 454 g/mol. The molecule has 0 fully saturated rings. The molecule has 1 aromatic carbocycles. The molecule has 1 unspecified atom stereocenters. The molecule has 34 heavy (non-hydrogen) atoms. The summed E-state index contributed by atoms with van der Waals surface area (Å²) in [6.45, 7) is 8.24. The minimum Gasteiger partial charge on any atom is -0.464 e. The number of carbonyl (C=O) groups excluding carboxylic acids is 3. The molecule has 3 aromatic rings. The van der Waals surface area contributed by atoms with Crippen LogP contribution >= 0.6 is 11.5 Å². The largest absolute Gasteiger partial charge is 0.464 e. The van der Waals surface area contributed by atoms with Gasteiger partial charge >= 0.3 is 0 Å². The third-order valence-corrected chi connectivity index (χ3v) is 6.10. The average molecular weight is 484 g/mol. The molecule has 9 nitrogen and oxygen atoms in total. The summed E-state index contributed by atoms with van der Waals surface area (Å²) in [5.41, 5.74) is 12.5. The first-order chi connectivity index (χ1) is 16.1. The maximum absolute atomic E-state index is 13.8. The SMILES string of the molecule is Cc1ccc(N(C(=O)c2snc(C(N)=O)c2N)C(C(=O)NCCC(C)C)c2ccc(C)o2)cc1. The van der Waals surface area contributed by atoms with Crippen LogP contribution in [0.15, 0.2) is 40.8 Å². The lowest BCUT2D eigenvalue weighted by Gasteiger charge is -2.30. The summed E-state index contributed by atoms with van der Waals surface area (Å²) in [6.07, 6.45) is 0.776. The fourth-order valence-electron chi connectivity index (χ4n) is 3.38. The number of nitrogens with two attached hydrogens (primary N) is 2. The molecule has 2 aromatic heterocycles. The average Bonchev–Trinajstić information content (AvgIpc) is 3.37. The number of hydrogen-bond donors (Lipinski definition) is 3. The first kappa shape index (κ1) is 25.0. The first-order valence-corrected chi connectivity index (χ1v) is 11.7. The van der Waals surface area contributed by atoms with Crippen molar-refractivity contribution in [3.63, 3.8) is 0 Å². The maximum atomic E-state index is 13.8. The molecule has 0 aliphatic carbocycles. The van der Waals surface area contributed by atoms with Gasteiger partial charge in [0.25, 0.3) is 17.7 Å². The van der Waals surface area contributed by atoms with Crippen molar-refractivity contribution in [1.29, 1.82) is 0 Å². The van der Waals surface area contributed by atoms with Gasteiger partial charge in [-0.05, 0) is 62.0 Å². The Balaban J connectivity index is 2.12. The molecule has 0 aliphatic heterocycles. The number of furan rings is 1. The molecule has 0 aliphatic rings. The van der Waals surface area contributed by atoms with Gasteiger partial charge in [-0.15, -0.1) is 0 Å². The Morgan fingerprint density at radius 3 is 2.32 bits per heavy atom. The van der Waals surface area contributed by atoms with Crippen LogP contribution in [0.4, 0.5) is 11.4 Å². The molecule has 0 bridgehead atoms. The van der Waals surface area contributed by atoms with E-state index in [1.807, 2.05) is 19.1 Å². The predicted octanol–water partition coefficient (Wildman–Crippen LogP) is 3.58. The maximum Gasteiger partial charge on any atom is 0.273 e. The second-order valence-electron chi connectivity index (χ2n) is 8.47. The van der Waals surface area contributed by atoms with E-state index in [0.717, 1.165) is 23.5 Å². The Labute approximate surface area is 202 Å². The van der Waals surface area contributed by atoms with Gasteiger partial charge in [0.05, 0.1) is 5.69 Å². The van der Waals surface area contributed by atoms with Crippen molar-refractivity contribution >= 4 is 40.6 Å². The van der Waals surface area contributed by atoms with Gasteiger partial charge in [0.15, 0.2) is 11.7 Å². The van der Waals surface area contributed by atoms with Gasteiger partial charge in [-0.3, -0.25) is 19.3 Å². The number of anilines is 2. The highest BCUT2D eigenvalue weighted by molar-refractivity contribution is 7.09. The van der Waals surface area contributed by atoms with Crippen LogP contribution in [0.5, 0.6) is 0 Å². The van der Waals surface area contributed by atoms with Crippen LogP contribution in [-0.4, -0.2) is 28.6 Å². The van der Waals surface area contributed by atoms with Crippen molar-refractivity contribution in [2.45, 2.75) is 40.2 Å². The van der Waals surface area contributed by atoms with E-state index < -0.39 is 23.8 Å². The smallest absolute Gasteiger partial charge is 0.273 e. The molecule has 2 heterocycles. The molecule has 3 rings (SSSR count). The van der Waals surface area contributed by atoms with E-state index >= 15 is 0 Å². The van der Waals surface area contributed by atoms with E-state index in [4.69, 9.17) is 15.9 Å². The molecule has 180 valence electrons. The number of hydrogen-bond acceptors (Lipinski definition) is 7. The minimum atomic E-state index is -1.12. The zero-order valence-electron chi connectivity index (χ0n) is 19.6. The van der Waals surface area contributed by atoms with Crippen LogP contribution in [0.2, 0.25) is 0 Å². The van der Waals surface area contributed by atoms with Crippen molar-refractivity contribution in [3.05, 3.63) is 64.1 Å². The monoisotopic (exact) mass is 483 g/mol. The Morgan fingerprint density at radius 2 is 1.79 bits per heavy atom. The number of rotatable bonds is 9. The molecule has 3 amide bonds. The topological polar surface area (TPSA) is 145 Å². The van der Waals surface area contributed by atoms with Crippen molar-refractivity contribution in [2.75, 3.05) is 17.2 Å². The fraction of sp³-hybridized carbons (Fsp3) is 0.333. The Kier molecular flexibility index (Phi) is 7.72. The molecule has 5 N–H and O–H groups in total. The molecule has 1 atom stereocenters. The second-order valence-corrected chi connectivity index (χ2v) is 9.25. The lowest BCUT2D eigenvalue weighted by molar-refractivity contribution is -0.122. The first-order valence-electron chi connectivity index (χ1n) is 10.9. The van der Waals surface area contributed by atoms with Crippen LogP contribution in [-0.2, 0) is 4.79 Å². The summed E-state index contributed by atoms with van der Waals surface area (Å²) in [7, 11) is 0. The minimum absolute atomic E-state index is 0.0117. The summed E-state index contributed by atoms with van der Waals surface area (Å²) in [4.78, 5) is 40.3. The highest BCUT2D eigenvalue weighted by Crippen LogP contribution is 2.34. The van der Waals surface area contributed by atoms with Crippen molar-refractivity contribution in [3.8, 4) is 0 Å². The van der Waals surface area contributed by atoms with Crippen LogP contribution < -0.4 is 21.7 Å². The van der Waals surface area contributed by atoms with E-state index in [0.29, 0.717) is 29.7 Å². The van der Waals surface area contributed by atoms with Crippen molar-refractivity contribution in [2.24, 2.45) is 11.7 Å². The quantitative estimate of drug-likeness (QED) is 0.424. The van der Waals surface area contributed by atoms with E-state index in [9.17, 15) is 14.4 Å². The van der Waals surface area contributed by atoms with Crippen LogP contribution in [0.25, 0.3) is 0 Å². The number of aromatic nitrogens is 1. The van der Waals surface area contributed by atoms with Gasteiger partial charge < -0.3 is 21.2 Å². The third kappa shape index (κ3) is 5.45. The van der Waals surface area contributed by atoms with E-state index in [2.05, 4.69) is 23.5 Å². The summed E-state index contributed by atoms with van der Waals surface area (Å²) < 4.78 is 9.75. The highest BCUT2D eigenvalue weighted by atomic mass is 32.1. The molecule has 0 radical (unpaired) electrons. The number of amides is 3. The Bertz CT molecular complexity index is 1180. The number of carbonyl (C=O) groups is 3. The van der Waals surface area contributed by atoms with Gasteiger partial charge in [0.2, 0.25) is 0 Å². The molecule has 0 saturated heterocycles. The zero-order valence-corrected chi connectivity index (χ0v) is 20.4. The Hall–Kier alpha value is -3.66. The second kappa shape index (κ2) is 10.5. The summed E-state index contributed by atoms with van der Waals surface area (Å²) in [6, 6.07) is 9.43. The number of nitrogens with one attached hydrogen (secondary N) is 1. The summed E-state index contributed by atoms with van der Waals surface area (Å²) in [5.74, 6) is -0.541. The van der Waals surface area contributed by atoms with Gasteiger partial charge in [0.1, 0.15) is 16.4 Å². The highest BCUT2D eigenvalue weighted by Gasteiger charge is 2.37. The molecule has 0 spiro atoms. The van der Waals surface area contributed by atoms with Crippen molar-refractivity contribution in [1.82, 2.24) is 9.69 Å². The van der Waals surface area contributed by atoms with Gasteiger partial charge in [-0.2, -0.15) is 4.37 Å². The lowest BCUT2D eigenvalue weighted by Crippen LogP contribution is -2.44. The number of nitrogen functional groups attached to an aromatic ring is 1. The van der Waals surface area contributed by atoms with Gasteiger partial charge in [-0.25, -0.2) is 0 Å². The molecular formula is C24H29N5O4S. The lowest BCUT2D eigenvalue weighted by atomic mass is 10.1. The summed E-state index contributed by atoms with van der Waals surface area (Å²) >= 11 is 0.761. The van der Waals surface area contributed by atoms with E-state index in [1.54, 1.807) is 31.2 Å². The fourth-order valence-corrected chi connectivity index (χ4v) is 4.12. The Morgan fingerprint density at radius 1 is 1.12 bits per heavy atom. The van der Waals surface area contributed by atoms with Crippen LogP contribution in [0.1, 0.15) is 63.6 Å². The van der Waals surface area contributed by atoms with E-state index in [1.165, 1.54) is 4.90 Å². The van der Waals surface area contributed by atoms with Gasteiger partial charge in [0, 0.05) is 12.2 Å². The molecule has 10 heteroatoms. The normalized spacial score (nSPS) is 11.9. The van der Waals surface area contributed by atoms with E-state index in [-0.39, 0.29) is 16.3 Å². The number of nitrogens with zero attached hydrogens (tertiary/aromatic N) is 2. The standard InChI is InChI=1S/C24H29N5O4S/c1-13(2)11-12-27-23(31)20(17-10-7-15(4)33-17)29(16-8-5-14(3)6-9-16)24(32)21-18(25)19(22(26)30)28-34-21/h5-10,13,20H,11-12,25H2,1-4H3,(H2,26,30)(H,27,31). The zero-order chi connectivity index (χ0) is 25.0. The van der Waals surface area contributed by atoms with Gasteiger partial charge in [-0.1, -0.05) is 31.5 Å². The van der Waals surface area contributed by atoms with Crippen LogP contribution in [0.3, 0.4) is 0 Å². The van der Waals surface area contributed by atoms with Crippen LogP contribution in [0, 0.1) is 19.8 Å². The number of aryl methyl sites for hydroxylation is 2. The number of primary amides is 1. The predicted molar refractivity (Wildman–Crippen MR) is 132 cm³/mol. The van der Waals surface area contributed by atoms with Crippen molar-refractivity contribution < 1.29 is 18.8 Å². The summed E-state index contributed by atoms with van der Waals surface area (Å²) in [5, 5.41) is 2.92.